The molecule has 0 radical (unpaired) electrons. The van der Waals surface area contributed by atoms with E-state index in [9.17, 15) is 16.8 Å². The minimum Gasteiger partial charge on any atom is -0.382 e. The van der Waals surface area contributed by atoms with Crippen molar-refractivity contribution in [2.75, 3.05) is 54.0 Å². The molecule has 1 aliphatic heterocycles. The number of nitrogens with one attached hydrogen (secondary N) is 1. The molecule has 0 aliphatic carbocycles. The van der Waals surface area contributed by atoms with Crippen LogP contribution in [0.1, 0.15) is 12.0 Å². The lowest BCUT2D eigenvalue weighted by Gasteiger charge is -2.19. The van der Waals surface area contributed by atoms with Gasteiger partial charge in [-0.1, -0.05) is 6.07 Å². The largest absolute Gasteiger partial charge is 0.382 e. The molecular formula is C15H24N2O6S2. The van der Waals surface area contributed by atoms with Gasteiger partial charge in [0, 0.05) is 13.7 Å². The molecule has 0 bridgehead atoms. The fourth-order valence-electron chi connectivity index (χ4n) is 2.44. The van der Waals surface area contributed by atoms with Gasteiger partial charge in [-0.25, -0.2) is 16.8 Å². The first-order chi connectivity index (χ1) is 11.7. The van der Waals surface area contributed by atoms with Crippen LogP contribution >= 0.6 is 0 Å². The zero-order chi connectivity index (χ0) is 18.5. The van der Waals surface area contributed by atoms with Crippen LogP contribution in [0.25, 0.3) is 0 Å². The summed E-state index contributed by atoms with van der Waals surface area (Å²) >= 11 is 0. The van der Waals surface area contributed by atoms with Gasteiger partial charge in [0.15, 0.2) is 0 Å². The predicted molar refractivity (Wildman–Crippen MR) is 97.0 cm³/mol. The Bertz CT molecular complexity index is 792. The minimum absolute atomic E-state index is 0.0535. The van der Waals surface area contributed by atoms with Crippen molar-refractivity contribution in [3.63, 3.8) is 0 Å². The maximum Gasteiger partial charge on any atom is 0.235 e. The van der Waals surface area contributed by atoms with E-state index in [4.69, 9.17) is 9.47 Å². The van der Waals surface area contributed by atoms with Gasteiger partial charge < -0.3 is 9.47 Å². The lowest BCUT2D eigenvalue weighted by molar-refractivity contribution is 0.0785. The first-order valence-electron chi connectivity index (χ1n) is 7.93. The van der Waals surface area contributed by atoms with E-state index in [0.717, 1.165) is 0 Å². The molecule has 0 atom stereocenters. The summed E-state index contributed by atoms with van der Waals surface area (Å²) in [5, 5.41) is 0. The van der Waals surface area contributed by atoms with Crippen LogP contribution in [0.2, 0.25) is 0 Å². The molecule has 1 heterocycles. The van der Waals surface area contributed by atoms with E-state index in [0.29, 0.717) is 43.1 Å². The number of hydrogen-bond donors (Lipinski definition) is 1. The van der Waals surface area contributed by atoms with Crippen LogP contribution in [0.5, 0.6) is 0 Å². The number of benzene rings is 1. The van der Waals surface area contributed by atoms with Crippen molar-refractivity contribution in [3.05, 3.63) is 23.8 Å². The predicted octanol–water partition coefficient (Wildman–Crippen LogP) is 0.940. The third-order valence-electron chi connectivity index (χ3n) is 3.80. The molecule has 25 heavy (non-hydrogen) atoms. The molecule has 10 heteroatoms. The summed E-state index contributed by atoms with van der Waals surface area (Å²) in [4.78, 5) is 0. The maximum absolute atomic E-state index is 12.2. The van der Waals surface area contributed by atoms with Crippen LogP contribution in [0.15, 0.2) is 18.2 Å². The van der Waals surface area contributed by atoms with Crippen molar-refractivity contribution in [2.24, 2.45) is 0 Å². The lowest BCUT2D eigenvalue weighted by Crippen LogP contribution is -2.25. The van der Waals surface area contributed by atoms with E-state index >= 15 is 0 Å². The van der Waals surface area contributed by atoms with Gasteiger partial charge in [0.1, 0.15) is 0 Å². The molecule has 1 saturated heterocycles. The molecule has 1 aromatic rings. The zero-order valence-electron chi connectivity index (χ0n) is 14.4. The van der Waals surface area contributed by atoms with Gasteiger partial charge in [-0.05, 0) is 31.0 Å². The number of hydrogen-bond acceptors (Lipinski definition) is 6. The second kappa shape index (κ2) is 8.35. The SMILES string of the molecule is COCCOCCS(=O)(=O)Nc1cc(N2CCCS2(=O)=O)ccc1C. The highest BCUT2D eigenvalue weighted by Gasteiger charge is 2.28. The van der Waals surface area contributed by atoms with Crippen molar-refractivity contribution in [1.29, 1.82) is 0 Å². The minimum atomic E-state index is -3.60. The number of methoxy groups -OCH3 is 1. The molecule has 1 fully saturated rings. The summed E-state index contributed by atoms with van der Waals surface area (Å²) in [6, 6.07) is 4.95. The molecule has 0 aromatic heterocycles. The molecule has 2 rings (SSSR count). The van der Waals surface area contributed by atoms with Crippen molar-refractivity contribution >= 4 is 31.4 Å². The highest BCUT2D eigenvalue weighted by Crippen LogP contribution is 2.29. The van der Waals surface area contributed by atoms with Crippen LogP contribution in [0, 0.1) is 6.92 Å². The molecule has 1 aliphatic rings. The fourth-order valence-corrected chi connectivity index (χ4v) is 4.99. The summed E-state index contributed by atoms with van der Waals surface area (Å²) in [6.07, 6.45) is 0.566. The van der Waals surface area contributed by atoms with Crippen molar-refractivity contribution in [1.82, 2.24) is 0 Å². The average molecular weight is 392 g/mol. The van der Waals surface area contributed by atoms with Crippen molar-refractivity contribution in [3.8, 4) is 0 Å². The molecule has 0 saturated carbocycles. The highest BCUT2D eigenvalue weighted by atomic mass is 32.2. The van der Waals surface area contributed by atoms with Gasteiger partial charge in [0.05, 0.1) is 42.7 Å². The Labute approximate surface area is 149 Å². The van der Waals surface area contributed by atoms with Crippen LogP contribution in [-0.4, -0.2) is 61.8 Å². The quantitative estimate of drug-likeness (QED) is 0.628. The van der Waals surface area contributed by atoms with Crippen LogP contribution in [0.3, 0.4) is 0 Å². The van der Waals surface area contributed by atoms with Crippen LogP contribution in [-0.2, 0) is 29.5 Å². The number of sulfonamides is 2. The fraction of sp³-hybridized carbons (Fsp3) is 0.600. The monoisotopic (exact) mass is 392 g/mol. The Kier molecular flexibility index (Phi) is 6.66. The Morgan fingerprint density at radius 1 is 1.24 bits per heavy atom. The first-order valence-corrected chi connectivity index (χ1v) is 11.2. The highest BCUT2D eigenvalue weighted by molar-refractivity contribution is 7.93. The topological polar surface area (TPSA) is 102 Å². The van der Waals surface area contributed by atoms with Gasteiger partial charge in [0.2, 0.25) is 20.0 Å². The van der Waals surface area contributed by atoms with Gasteiger partial charge in [0.25, 0.3) is 0 Å². The van der Waals surface area contributed by atoms with E-state index in [1.165, 1.54) is 11.4 Å². The van der Waals surface area contributed by atoms with Gasteiger partial charge in [-0.3, -0.25) is 9.03 Å². The Balaban J connectivity index is 2.07. The number of anilines is 2. The van der Waals surface area contributed by atoms with Gasteiger partial charge >= 0.3 is 0 Å². The molecule has 8 nitrogen and oxygen atoms in total. The molecular weight excluding hydrogens is 368 g/mol. The Morgan fingerprint density at radius 3 is 2.64 bits per heavy atom. The Morgan fingerprint density at radius 2 is 2.00 bits per heavy atom. The number of ether oxygens (including phenoxy) is 2. The summed E-state index contributed by atoms with van der Waals surface area (Å²) in [6.45, 7) is 2.95. The number of nitrogens with zero attached hydrogens (tertiary/aromatic N) is 1. The number of aryl methyl sites for hydroxylation is 1. The third-order valence-corrected chi connectivity index (χ3v) is 6.91. The van der Waals surface area contributed by atoms with Crippen molar-refractivity contribution in [2.45, 2.75) is 13.3 Å². The zero-order valence-corrected chi connectivity index (χ0v) is 16.0. The summed E-state index contributed by atoms with van der Waals surface area (Å²) in [5.41, 5.74) is 1.55. The lowest BCUT2D eigenvalue weighted by atomic mass is 10.2. The second-order valence-corrected chi connectivity index (χ2v) is 9.62. The summed E-state index contributed by atoms with van der Waals surface area (Å²) < 4.78 is 62.3. The van der Waals surface area contributed by atoms with E-state index < -0.39 is 20.0 Å². The molecule has 1 aromatic carbocycles. The Hall–Kier alpha value is -1.36. The molecule has 0 spiro atoms. The van der Waals surface area contributed by atoms with E-state index in [1.54, 1.807) is 25.1 Å². The smallest absolute Gasteiger partial charge is 0.235 e. The maximum atomic E-state index is 12.2. The standard InChI is InChI=1S/C15H24N2O6S2/c1-13-4-5-14(17-6-3-10-25(17,20)21)12-15(13)16-24(18,19)11-9-23-8-7-22-2/h4-5,12,16H,3,6-11H2,1-2H3. The van der Waals surface area contributed by atoms with Crippen molar-refractivity contribution < 1.29 is 26.3 Å². The van der Waals surface area contributed by atoms with E-state index in [2.05, 4.69) is 4.72 Å². The average Bonchev–Trinajstić information content (AvgIpc) is 2.88. The molecule has 0 unspecified atom stereocenters. The third kappa shape index (κ3) is 5.56. The molecule has 0 amide bonds. The van der Waals surface area contributed by atoms with E-state index in [1.807, 2.05) is 0 Å². The normalized spacial score (nSPS) is 17.0. The second-order valence-electron chi connectivity index (χ2n) is 5.77. The van der Waals surface area contributed by atoms with Gasteiger partial charge in [-0.15, -0.1) is 0 Å². The van der Waals surface area contributed by atoms with Gasteiger partial charge in [-0.2, -0.15) is 0 Å². The first kappa shape index (κ1) is 20.0. The van der Waals surface area contributed by atoms with Crippen LogP contribution < -0.4 is 9.03 Å². The summed E-state index contributed by atoms with van der Waals surface area (Å²) in [7, 11) is -5.37. The summed E-state index contributed by atoms with van der Waals surface area (Å²) in [5.74, 6) is -0.0802. The van der Waals surface area contributed by atoms with E-state index in [-0.39, 0.29) is 18.1 Å². The van der Waals surface area contributed by atoms with Crippen LogP contribution in [0.4, 0.5) is 11.4 Å². The molecule has 1 N–H and O–H groups in total. The number of rotatable bonds is 9. The molecule has 142 valence electrons.